The van der Waals surface area contributed by atoms with Gasteiger partial charge in [0.1, 0.15) is 23.2 Å². The molecule has 6 nitrogen and oxygen atoms in total. The van der Waals surface area contributed by atoms with E-state index in [2.05, 4.69) is 22.0 Å². The van der Waals surface area contributed by atoms with Crippen LogP contribution < -0.4 is 16.0 Å². The van der Waals surface area contributed by atoms with E-state index >= 15 is 0 Å². The van der Waals surface area contributed by atoms with Crippen LogP contribution in [-0.2, 0) is 6.54 Å². The number of ether oxygens (including phenoxy) is 1. The van der Waals surface area contributed by atoms with Gasteiger partial charge in [-0.1, -0.05) is 28.1 Å². The first-order valence-corrected chi connectivity index (χ1v) is 9.38. The van der Waals surface area contributed by atoms with Gasteiger partial charge in [-0.2, -0.15) is 5.26 Å². The number of nitrogens with zero attached hydrogens (tertiary/aromatic N) is 2. The van der Waals surface area contributed by atoms with Crippen LogP contribution in [0.1, 0.15) is 28.5 Å². The Morgan fingerprint density at radius 1 is 1.29 bits per heavy atom. The number of benzene rings is 1. The zero-order valence-electron chi connectivity index (χ0n) is 15.0. The number of aromatic nitrogens is 1. The summed E-state index contributed by atoms with van der Waals surface area (Å²) in [4.78, 5) is 13.4. The molecule has 0 aliphatic carbocycles. The van der Waals surface area contributed by atoms with E-state index in [-0.39, 0.29) is 17.0 Å². The lowest BCUT2D eigenvalue weighted by Crippen LogP contribution is -2.33. The number of allylic oxidation sites excluding steroid dienone is 1. The second-order valence-corrected chi connectivity index (χ2v) is 7.43. The topological polar surface area (TPSA) is 94.2 Å². The number of nitriles is 1. The molecule has 3 aromatic rings. The second kappa shape index (κ2) is 7.06. The zero-order chi connectivity index (χ0) is 19.8. The van der Waals surface area contributed by atoms with E-state index < -0.39 is 5.92 Å². The highest BCUT2D eigenvalue weighted by Crippen LogP contribution is 2.40. The molecule has 1 atom stereocenters. The zero-order valence-corrected chi connectivity index (χ0v) is 16.6. The van der Waals surface area contributed by atoms with Crippen molar-refractivity contribution in [2.24, 2.45) is 5.73 Å². The standard InChI is InChI=1S/C21H16BrN3O3/c1-12-9-17-19(21(26)25(12)11-15-3-2-8-27-15)18(16(10-23)20(24)28-17)13-4-6-14(22)7-5-13/h2-9,18H,11,24H2,1H3/t18-/m1/s1. The van der Waals surface area contributed by atoms with E-state index in [4.69, 9.17) is 14.9 Å². The maximum atomic E-state index is 13.4. The molecule has 28 heavy (non-hydrogen) atoms. The molecule has 0 amide bonds. The molecule has 0 radical (unpaired) electrons. The van der Waals surface area contributed by atoms with Crippen LogP contribution in [0.15, 0.2) is 73.9 Å². The van der Waals surface area contributed by atoms with Crippen molar-refractivity contribution in [3.8, 4) is 11.8 Å². The molecule has 0 fully saturated rings. The summed E-state index contributed by atoms with van der Waals surface area (Å²) >= 11 is 3.41. The van der Waals surface area contributed by atoms with Gasteiger partial charge in [0.2, 0.25) is 5.88 Å². The van der Waals surface area contributed by atoms with Crippen molar-refractivity contribution in [3.05, 3.63) is 97.6 Å². The molecular weight excluding hydrogens is 422 g/mol. The van der Waals surface area contributed by atoms with Gasteiger partial charge < -0.3 is 19.5 Å². The number of fused-ring (bicyclic) bond motifs is 1. The van der Waals surface area contributed by atoms with Crippen molar-refractivity contribution in [1.82, 2.24) is 4.57 Å². The highest BCUT2D eigenvalue weighted by molar-refractivity contribution is 9.10. The van der Waals surface area contributed by atoms with Crippen LogP contribution in [0.3, 0.4) is 0 Å². The number of rotatable bonds is 3. The predicted octanol–water partition coefficient (Wildman–Crippen LogP) is 3.78. The van der Waals surface area contributed by atoms with Crippen LogP contribution in [0, 0.1) is 18.3 Å². The first kappa shape index (κ1) is 18.1. The molecular formula is C21H16BrN3O3. The molecule has 140 valence electrons. The third kappa shape index (κ3) is 3.02. The summed E-state index contributed by atoms with van der Waals surface area (Å²) < 4.78 is 13.6. The first-order valence-electron chi connectivity index (χ1n) is 8.59. The summed E-state index contributed by atoms with van der Waals surface area (Å²) in [6, 6.07) is 14.9. The molecule has 4 rings (SSSR count). The van der Waals surface area contributed by atoms with Crippen LogP contribution in [0.2, 0.25) is 0 Å². The molecule has 0 spiro atoms. The minimum Gasteiger partial charge on any atom is -0.467 e. The van der Waals surface area contributed by atoms with Crippen LogP contribution in [-0.4, -0.2) is 4.57 Å². The molecule has 1 aliphatic rings. The first-order chi connectivity index (χ1) is 13.5. The van der Waals surface area contributed by atoms with Gasteiger partial charge in [0.05, 0.1) is 24.3 Å². The fraction of sp³-hybridized carbons (Fsp3) is 0.143. The average molecular weight is 438 g/mol. The van der Waals surface area contributed by atoms with Gasteiger partial charge >= 0.3 is 0 Å². The second-order valence-electron chi connectivity index (χ2n) is 6.51. The van der Waals surface area contributed by atoms with Crippen LogP contribution >= 0.6 is 15.9 Å². The SMILES string of the molecule is Cc1cc2c(c(=O)n1Cc1ccco1)[C@H](c1ccc(Br)cc1)C(C#N)=C(N)O2. The molecule has 3 heterocycles. The molecule has 2 N–H and O–H groups in total. The smallest absolute Gasteiger partial charge is 0.259 e. The maximum absolute atomic E-state index is 13.4. The fourth-order valence-electron chi connectivity index (χ4n) is 3.43. The fourth-order valence-corrected chi connectivity index (χ4v) is 3.69. The third-order valence-corrected chi connectivity index (χ3v) is 5.32. The maximum Gasteiger partial charge on any atom is 0.259 e. The quantitative estimate of drug-likeness (QED) is 0.672. The lowest BCUT2D eigenvalue weighted by atomic mass is 9.84. The van der Waals surface area contributed by atoms with Crippen molar-refractivity contribution >= 4 is 15.9 Å². The molecule has 2 aromatic heterocycles. The van der Waals surface area contributed by atoms with Gasteiger partial charge in [0, 0.05) is 16.2 Å². The van der Waals surface area contributed by atoms with Crippen LogP contribution in [0.4, 0.5) is 0 Å². The number of pyridine rings is 1. The van der Waals surface area contributed by atoms with Crippen LogP contribution in [0.5, 0.6) is 5.75 Å². The number of furan rings is 1. The van der Waals surface area contributed by atoms with E-state index in [1.54, 1.807) is 23.0 Å². The lowest BCUT2D eigenvalue weighted by molar-refractivity contribution is 0.387. The number of hydrogen-bond donors (Lipinski definition) is 1. The Hall–Kier alpha value is -3.24. The molecule has 1 aliphatic heterocycles. The van der Waals surface area contributed by atoms with Gasteiger partial charge in [0.15, 0.2) is 0 Å². The normalized spacial score (nSPS) is 15.7. The van der Waals surface area contributed by atoms with Crippen molar-refractivity contribution in [3.63, 3.8) is 0 Å². The lowest BCUT2D eigenvalue weighted by Gasteiger charge is -2.27. The summed E-state index contributed by atoms with van der Waals surface area (Å²) in [7, 11) is 0. The van der Waals surface area contributed by atoms with Gasteiger partial charge in [-0.3, -0.25) is 4.79 Å². The highest BCUT2D eigenvalue weighted by atomic mass is 79.9. The van der Waals surface area contributed by atoms with Crippen LogP contribution in [0.25, 0.3) is 0 Å². The average Bonchev–Trinajstić information content (AvgIpc) is 3.18. The number of halogens is 1. The number of hydrogen-bond acceptors (Lipinski definition) is 5. The summed E-state index contributed by atoms with van der Waals surface area (Å²) in [6.45, 7) is 2.11. The van der Waals surface area contributed by atoms with E-state index in [9.17, 15) is 10.1 Å². The van der Waals surface area contributed by atoms with E-state index in [0.29, 0.717) is 29.3 Å². The van der Waals surface area contributed by atoms with Gasteiger partial charge in [-0.25, -0.2) is 0 Å². The highest BCUT2D eigenvalue weighted by Gasteiger charge is 2.34. The minimum atomic E-state index is -0.599. The van der Waals surface area contributed by atoms with E-state index in [1.807, 2.05) is 37.3 Å². The Kier molecular flexibility index (Phi) is 4.57. The van der Waals surface area contributed by atoms with E-state index in [0.717, 1.165) is 10.0 Å². The molecule has 0 unspecified atom stereocenters. The molecule has 0 saturated carbocycles. The number of aryl methyl sites for hydroxylation is 1. The van der Waals surface area contributed by atoms with Gasteiger partial charge in [-0.15, -0.1) is 0 Å². The summed E-state index contributed by atoms with van der Waals surface area (Å²) in [5.74, 6) is 0.462. The molecule has 0 bridgehead atoms. The Bertz CT molecular complexity index is 1170. The Labute approximate surface area is 169 Å². The summed E-state index contributed by atoms with van der Waals surface area (Å²) in [5.41, 5.74) is 7.89. The van der Waals surface area contributed by atoms with Crippen molar-refractivity contribution in [2.75, 3.05) is 0 Å². The largest absolute Gasteiger partial charge is 0.467 e. The Morgan fingerprint density at radius 2 is 2.04 bits per heavy atom. The minimum absolute atomic E-state index is 0.0190. The summed E-state index contributed by atoms with van der Waals surface area (Å²) in [6.07, 6.45) is 1.57. The Balaban J connectivity index is 1.94. The summed E-state index contributed by atoms with van der Waals surface area (Å²) in [5, 5.41) is 9.69. The monoisotopic (exact) mass is 437 g/mol. The molecule has 1 aromatic carbocycles. The third-order valence-electron chi connectivity index (χ3n) is 4.79. The van der Waals surface area contributed by atoms with E-state index in [1.165, 1.54) is 0 Å². The predicted molar refractivity (Wildman–Crippen MR) is 107 cm³/mol. The van der Waals surface area contributed by atoms with Gasteiger partial charge in [0.25, 0.3) is 5.56 Å². The van der Waals surface area contributed by atoms with Crippen molar-refractivity contribution in [1.29, 1.82) is 5.26 Å². The van der Waals surface area contributed by atoms with Crippen molar-refractivity contribution < 1.29 is 9.15 Å². The Morgan fingerprint density at radius 3 is 2.68 bits per heavy atom. The van der Waals surface area contributed by atoms with Crippen molar-refractivity contribution in [2.45, 2.75) is 19.4 Å². The van der Waals surface area contributed by atoms with Gasteiger partial charge in [-0.05, 0) is 36.8 Å². The molecule has 7 heteroatoms. The molecule has 0 saturated heterocycles. The number of nitrogens with two attached hydrogens (primary N) is 1.